The van der Waals surface area contributed by atoms with Crippen LogP contribution in [0.2, 0.25) is 0 Å². The maximum absolute atomic E-state index is 13.9. The molecule has 4 rings (SSSR count). The highest BCUT2D eigenvalue weighted by Crippen LogP contribution is 2.45. The van der Waals surface area contributed by atoms with Crippen molar-refractivity contribution < 1.29 is 19.5 Å². The topological polar surface area (TPSA) is 129 Å². The molecule has 3 N–H and O–H groups in total. The Kier molecular flexibility index (Phi) is 7.20. The summed E-state index contributed by atoms with van der Waals surface area (Å²) in [5, 5.41) is 24.1. The summed E-state index contributed by atoms with van der Waals surface area (Å²) in [7, 11) is 1.56. The molecule has 1 aliphatic carbocycles. The fourth-order valence-electron chi connectivity index (χ4n) is 5.57. The minimum Gasteiger partial charge on any atom is -0.394 e. The van der Waals surface area contributed by atoms with E-state index in [1.54, 1.807) is 11.7 Å². The van der Waals surface area contributed by atoms with Gasteiger partial charge in [-0.05, 0) is 24.0 Å². The van der Waals surface area contributed by atoms with Crippen molar-refractivity contribution in [3.63, 3.8) is 0 Å². The highest BCUT2D eigenvalue weighted by atomic mass is 16.3. The van der Waals surface area contributed by atoms with Gasteiger partial charge in [-0.1, -0.05) is 56.7 Å². The van der Waals surface area contributed by atoms with Gasteiger partial charge < -0.3 is 20.6 Å². The number of hydrogen-bond donors (Lipinski definition) is 3. The molecule has 2 aliphatic rings. The van der Waals surface area contributed by atoms with E-state index in [2.05, 4.69) is 20.9 Å². The summed E-state index contributed by atoms with van der Waals surface area (Å²) in [6, 6.07) is 6.07. The van der Waals surface area contributed by atoms with Gasteiger partial charge in [0, 0.05) is 13.0 Å². The number of rotatable bonds is 8. The van der Waals surface area contributed by atoms with Crippen LogP contribution in [-0.4, -0.2) is 68.5 Å². The molecule has 1 aliphatic heterocycles. The van der Waals surface area contributed by atoms with Crippen LogP contribution in [0.4, 0.5) is 0 Å². The molecule has 0 unspecified atom stereocenters. The van der Waals surface area contributed by atoms with Gasteiger partial charge in [0.2, 0.25) is 17.7 Å². The molecule has 10 heteroatoms. The average Bonchev–Trinajstić information content (AvgIpc) is 3.41. The van der Waals surface area contributed by atoms with E-state index < -0.39 is 29.8 Å². The lowest BCUT2D eigenvalue weighted by atomic mass is 9.70. The second-order valence-corrected chi connectivity index (χ2v) is 9.59. The number of allylic oxidation sites excluding steroid dienone is 1. The number of aliphatic hydroxyl groups excluding tert-OH is 1. The number of aromatic nitrogens is 3. The third-order valence-electron chi connectivity index (χ3n) is 7.70. The van der Waals surface area contributed by atoms with E-state index in [0.717, 1.165) is 11.9 Å². The molecule has 1 saturated heterocycles. The van der Waals surface area contributed by atoms with Gasteiger partial charge in [0.15, 0.2) is 0 Å². The molecule has 1 aromatic heterocycles. The van der Waals surface area contributed by atoms with Crippen molar-refractivity contribution in [3.8, 4) is 0 Å². The first-order chi connectivity index (χ1) is 16.8. The summed E-state index contributed by atoms with van der Waals surface area (Å²) in [6.07, 6.45) is 4.54. The molecule has 0 saturated carbocycles. The molecule has 0 radical (unpaired) electrons. The van der Waals surface area contributed by atoms with Crippen LogP contribution >= 0.6 is 0 Å². The number of carbonyl (C=O) groups excluding carboxylic acids is 3. The quantitative estimate of drug-likeness (QED) is 0.480. The first-order valence-corrected chi connectivity index (χ1v) is 12.2. The van der Waals surface area contributed by atoms with E-state index in [1.807, 2.05) is 57.2 Å². The number of nitrogens with zero attached hydrogens (tertiary/aromatic N) is 4. The molecule has 2 aromatic rings. The monoisotopic (exact) mass is 482 g/mol. The Balaban J connectivity index is 1.68. The molecule has 1 aromatic carbocycles. The summed E-state index contributed by atoms with van der Waals surface area (Å²) in [5.74, 6) is -2.74. The van der Waals surface area contributed by atoms with Gasteiger partial charge in [-0.2, -0.15) is 0 Å². The third-order valence-corrected chi connectivity index (χ3v) is 7.70. The van der Waals surface area contributed by atoms with Crippen LogP contribution < -0.4 is 10.6 Å². The van der Waals surface area contributed by atoms with Gasteiger partial charge in [-0.15, -0.1) is 5.10 Å². The van der Waals surface area contributed by atoms with Crippen LogP contribution in [0.5, 0.6) is 0 Å². The summed E-state index contributed by atoms with van der Waals surface area (Å²) in [6.45, 7) is 5.68. The molecule has 7 atom stereocenters. The molecule has 0 bridgehead atoms. The Labute approximate surface area is 204 Å². The highest BCUT2D eigenvalue weighted by Gasteiger charge is 2.58. The molecule has 3 amide bonds. The van der Waals surface area contributed by atoms with Crippen molar-refractivity contribution in [2.75, 3.05) is 13.7 Å². The van der Waals surface area contributed by atoms with Crippen molar-refractivity contribution in [2.24, 2.45) is 29.6 Å². The van der Waals surface area contributed by atoms with E-state index in [-0.39, 0.29) is 42.8 Å². The molecule has 0 spiro atoms. The summed E-state index contributed by atoms with van der Waals surface area (Å²) < 4.78 is 1.59. The second-order valence-electron chi connectivity index (χ2n) is 9.59. The molecule has 35 heavy (non-hydrogen) atoms. The summed E-state index contributed by atoms with van der Waals surface area (Å²) in [5.41, 5.74) is 1.50. The fourth-order valence-corrected chi connectivity index (χ4v) is 5.57. The molecule has 2 heterocycles. The smallest absolute Gasteiger partial charge is 0.244 e. The Morgan fingerprint density at radius 1 is 1.20 bits per heavy atom. The van der Waals surface area contributed by atoms with Gasteiger partial charge in [0.25, 0.3) is 0 Å². The van der Waals surface area contributed by atoms with E-state index in [9.17, 15) is 19.5 Å². The number of carbonyl (C=O) groups is 3. The lowest BCUT2D eigenvalue weighted by Gasteiger charge is -2.36. The van der Waals surface area contributed by atoms with Gasteiger partial charge in [-0.3, -0.25) is 14.4 Å². The Hall–Kier alpha value is -3.27. The fraction of sp³-hybridized carbons (Fsp3) is 0.560. The predicted octanol–water partition coefficient (Wildman–Crippen LogP) is 0.923. The number of benzene rings is 1. The number of likely N-dealkylation sites (tertiary alicyclic amines) is 1. The lowest BCUT2D eigenvalue weighted by molar-refractivity contribution is -0.144. The number of nitrogens with one attached hydrogen (secondary N) is 2. The first kappa shape index (κ1) is 24.8. The molecular weight excluding hydrogens is 448 g/mol. The number of hydrogen-bond acceptors (Lipinski definition) is 6. The number of aliphatic hydroxyl groups is 1. The predicted molar refractivity (Wildman–Crippen MR) is 129 cm³/mol. The van der Waals surface area contributed by atoms with Gasteiger partial charge in [0.1, 0.15) is 18.2 Å². The normalized spacial score (nSPS) is 27.5. The van der Waals surface area contributed by atoms with Crippen LogP contribution in [0.3, 0.4) is 0 Å². The third kappa shape index (κ3) is 4.31. The Bertz CT molecular complexity index is 1130. The minimum absolute atomic E-state index is 0.0292. The van der Waals surface area contributed by atoms with E-state index in [0.29, 0.717) is 5.52 Å². The maximum Gasteiger partial charge on any atom is 0.244 e. The molecular formula is C25H34N6O4. The molecule has 10 nitrogen and oxygen atoms in total. The van der Waals surface area contributed by atoms with E-state index in [4.69, 9.17) is 0 Å². The van der Waals surface area contributed by atoms with Crippen LogP contribution in [0.15, 0.2) is 36.4 Å². The SMILES string of the molecule is CC[C@H](C)[C@H](CO)N1C(=O)[C@@H]2[C@H](C=C[C@@H](C)[C@H]2C(=O)NC)[C@H]1C(=O)NCn1nnc2ccccc21. The van der Waals surface area contributed by atoms with E-state index >= 15 is 0 Å². The van der Waals surface area contributed by atoms with Crippen molar-refractivity contribution >= 4 is 28.8 Å². The van der Waals surface area contributed by atoms with E-state index in [1.165, 1.54) is 4.90 Å². The first-order valence-electron chi connectivity index (χ1n) is 12.2. The van der Waals surface area contributed by atoms with Crippen molar-refractivity contribution in [1.29, 1.82) is 0 Å². The zero-order valence-electron chi connectivity index (χ0n) is 20.6. The van der Waals surface area contributed by atoms with Crippen LogP contribution in [-0.2, 0) is 21.1 Å². The largest absolute Gasteiger partial charge is 0.394 e. The van der Waals surface area contributed by atoms with Crippen LogP contribution in [0.25, 0.3) is 11.0 Å². The maximum atomic E-state index is 13.9. The molecule has 188 valence electrons. The van der Waals surface area contributed by atoms with Crippen LogP contribution in [0, 0.1) is 29.6 Å². The second kappa shape index (κ2) is 10.2. The van der Waals surface area contributed by atoms with Gasteiger partial charge in [0.05, 0.1) is 30.0 Å². The Morgan fingerprint density at radius 3 is 2.63 bits per heavy atom. The standard InChI is InChI=1S/C25H34N6O4/c1-5-14(2)19(12-32)31-22(16-11-10-15(3)20(23(33)26-4)21(16)25(31)35)24(34)27-13-30-18-9-7-6-8-17(18)28-29-30/h6-11,14-16,19-22,32H,5,12-13H2,1-4H3,(H,26,33)(H,27,34)/t14-,15+,16-,19-,20+,21+,22-/m0/s1. The molecule has 1 fully saturated rings. The van der Waals surface area contributed by atoms with Crippen molar-refractivity contribution in [2.45, 2.75) is 45.9 Å². The van der Waals surface area contributed by atoms with Crippen molar-refractivity contribution in [3.05, 3.63) is 36.4 Å². The van der Waals surface area contributed by atoms with Gasteiger partial charge in [-0.25, -0.2) is 4.68 Å². The zero-order valence-corrected chi connectivity index (χ0v) is 20.6. The van der Waals surface area contributed by atoms with Gasteiger partial charge >= 0.3 is 0 Å². The summed E-state index contributed by atoms with van der Waals surface area (Å²) in [4.78, 5) is 41.9. The van der Waals surface area contributed by atoms with Crippen LogP contribution in [0.1, 0.15) is 27.2 Å². The summed E-state index contributed by atoms with van der Waals surface area (Å²) >= 11 is 0. The van der Waals surface area contributed by atoms with Crippen molar-refractivity contribution in [1.82, 2.24) is 30.5 Å². The zero-order chi connectivity index (χ0) is 25.3. The average molecular weight is 483 g/mol. The number of fused-ring (bicyclic) bond motifs is 2. The lowest BCUT2D eigenvalue weighted by Crippen LogP contribution is -2.54. The number of para-hydroxylation sites is 1. The highest BCUT2D eigenvalue weighted by molar-refractivity contribution is 5.97. The number of amides is 3. The minimum atomic E-state index is -0.843. The Morgan fingerprint density at radius 2 is 1.94 bits per heavy atom.